The maximum absolute atomic E-state index is 12.0. The second-order valence-corrected chi connectivity index (χ2v) is 7.49. The summed E-state index contributed by atoms with van der Waals surface area (Å²) in [4.78, 5) is 34.7. The molecule has 0 radical (unpaired) electrons. The molecule has 2 aliphatic heterocycles. The van der Waals surface area contributed by atoms with E-state index in [0.29, 0.717) is 41.8 Å². The predicted octanol–water partition coefficient (Wildman–Crippen LogP) is 2.43. The number of piperidine rings is 1. The molecule has 3 atom stereocenters. The van der Waals surface area contributed by atoms with Crippen molar-refractivity contribution < 1.29 is 18.7 Å². The lowest BCUT2D eigenvalue weighted by molar-refractivity contribution is -0.116. The van der Waals surface area contributed by atoms with E-state index in [1.165, 1.54) is 25.6 Å². The van der Waals surface area contributed by atoms with Crippen LogP contribution in [0.3, 0.4) is 0 Å². The molecule has 0 saturated carbocycles. The zero-order valence-corrected chi connectivity index (χ0v) is 16.3. The average molecular weight is 396 g/mol. The van der Waals surface area contributed by atoms with Gasteiger partial charge in [0.1, 0.15) is 5.76 Å². The molecule has 2 saturated heterocycles. The van der Waals surface area contributed by atoms with Crippen LogP contribution in [-0.4, -0.2) is 47.6 Å². The van der Waals surface area contributed by atoms with E-state index in [1.54, 1.807) is 24.5 Å². The van der Waals surface area contributed by atoms with Crippen molar-refractivity contribution in [3.05, 3.63) is 48.2 Å². The Bertz CT molecular complexity index is 865. The first-order chi connectivity index (χ1) is 14.1. The van der Waals surface area contributed by atoms with E-state index in [0.717, 1.165) is 25.7 Å². The number of ether oxygens (including phenoxy) is 1. The quantitative estimate of drug-likeness (QED) is 0.591. The molecule has 2 aliphatic rings. The van der Waals surface area contributed by atoms with Crippen LogP contribution in [-0.2, 0) is 9.53 Å². The molecule has 152 valence electrons. The Hall–Kier alpha value is -3.16. The normalized spacial score (nSPS) is 23.3. The van der Waals surface area contributed by atoms with Crippen molar-refractivity contribution >= 4 is 23.9 Å². The maximum Gasteiger partial charge on any atom is 0.341 e. The summed E-state index contributed by atoms with van der Waals surface area (Å²) < 4.78 is 9.88. The maximum atomic E-state index is 12.0. The first kappa shape index (κ1) is 19.2. The second kappa shape index (κ2) is 8.46. The van der Waals surface area contributed by atoms with Gasteiger partial charge in [0.2, 0.25) is 11.9 Å². The Morgan fingerprint density at radius 3 is 2.62 bits per heavy atom. The fourth-order valence-electron chi connectivity index (χ4n) is 4.31. The first-order valence-electron chi connectivity index (χ1n) is 9.82. The van der Waals surface area contributed by atoms with Crippen molar-refractivity contribution in [2.24, 2.45) is 5.92 Å². The number of methoxy groups -OCH3 is 1. The number of amides is 1. The van der Waals surface area contributed by atoms with E-state index < -0.39 is 5.97 Å². The molecule has 0 spiro atoms. The lowest BCUT2D eigenvalue weighted by atomic mass is 9.91. The molecule has 2 aromatic rings. The van der Waals surface area contributed by atoms with Crippen molar-refractivity contribution in [2.45, 2.75) is 37.8 Å². The number of nitrogens with one attached hydrogen (secondary N) is 1. The van der Waals surface area contributed by atoms with Crippen LogP contribution in [0.1, 0.15) is 41.8 Å². The molecule has 2 fully saturated rings. The van der Waals surface area contributed by atoms with Gasteiger partial charge in [-0.3, -0.25) is 4.79 Å². The summed E-state index contributed by atoms with van der Waals surface area (Å²) in [5.41, 5.74) is 0.351. The highest BCUT2D eigenvalue weighted by Crippen LogP contribution is 2.40. The third kappa shape index (κ3) is 4.31. The summed E-state index contributed by atoms with van der Waals surface area (Å²) in [5, 5.41) is 3.00. The van der Waals surface area contributed by atoms with Crippen LogP contribution in [0.2, 0.25) is 0 Å². The highest BCUT2D eigenvalue weighted by atomic mass is 16.5. The summed E-state index contributed by atoms with van der Waals surface area (Å²) in [6, 6.07) is 4.31. The molecule has 29 heavy (non-hydrogen) atoms. The number of anilines is 1. The average Bonchev–Trinajstić information content (AvgIpc) is 3.36. The number of esters is 1. The van der Waals surface area contributed by atoms with Crippen molar-refractivity contribution in [3.63, 3.8) is 0 Å². The topological polar surface area (TPSA) is 97.6 Å². The Kier molecular flexibility index (Phi) is 5.59. The van der Waals surface area contributed by atoms with Crippen molar-refractivity contribution in [1.29, 1.82) is 0 Å². The van der Waals surface area contributed by atoms with Crippen LogP contribution in [0.15, 0.2) is 41.3 Å². The van der Waals surface area contributed by atoms with E-state index in [9.17, 15) is 9.59 Å². The lowest BCUT2D eigenvalue weighted by Crippen LogP contribution is -2.46. The number of rotatable bonds is 6. The van der Waals surface area contributed by atoms with Gasteiger partial charge in [0.05, 0.1) is 18.9 Å². The van der Waals surface area contributed by atoms with Crippen LogP contribution < -0.4 is 10.2 Å². The molecular formula is C21H24N4O4. The van der Waals surface area contributed by atoms with Gasteiger partial charge in [0, 0.05) is 37.1 Å². The van der Waals surface area contributed by atoms with Crippen LogP contribution in [0.25, 0.3) is 6.08 Å². The lowest BCUT2D eigenvalue weighted by Gasteiger charge is -2.39. The molecule has 0 aromatic carbocycles. The van der Waals surface area contributed by atoms with Crippen LogP contribution >= 0.6 is 0 Å². The minimum absolute atomic E-state index is 0.113. The number of furan rings is 1. The fourth-order valence-corrected chi connectivity index (χ4v) is 4.31. The van der Waals surface area contributed by atoms with Gasteiger partial charge in [-0.2, -0.15) is 0 Å². The van der Waals surface area contributed by atoms with Gasteiger partial charge in [-0.25, -0.2) is 14.8 Å². The largest absolute Gasteiger partial charge is 0.465 e. The third-order valence-corrected chi connectivity index (χ3v) is 5.63. The van der Waals surface area contributed by atoms with Gasteiger partial charge in [-0.1, -0.05) is 0 Å². The Morgan fingerprint density at radius 1 is 1.28 bits per heavy atom. The summed E-state index contributed by atoms with van der Waals surface area (Å²) >= 11 is 0. The van der Waals surface area contributed by atoms with Gasteiger partial charge >= 0.3 is 5.97 Å². The monoisotopic (exact) mass is 396 g/mol. The summed E-state index contributed by atoms with van der Waals surface area (Å²) in [5.74, 6) is 1.20. The molecule has 1 amide bonds. The van der Waals surface area contributed by atoms with Gasteiger partial charge < -0.3 is 19.4 Å². The molecular weight excluding hydrogens is 372 g/mol. The van der Waals surface area contributed by atoms with Gasteiger partial charge in [0.15, 0.2) is 0 Å². The van der Waals surface area contributed by atoms with Gasteiger partial charge in [-0.05, 0) is 49.8 Å². The number of fused-ring (bicyclic) bond motifs is 2. The molecule has 4 rings (SSSR count). The highest BCUT2D eigenvalue weighted by Gasteiger charge is 2.41. The highest BCUT2D eigenvalue weighted by molar-refractivity contribution is 5.91. The van der Waals surface area contributed by atoms with E-state index in [-0.39, 0.29) is 5.91 Å². The summed E-state index contributed by atoms with van der Waals surface area (Å²) in [6.07, 6.45) is 11.9. The first-order valence-corrected chi connectivity index (χ1v) is 9.82. The van der Waals surface area contributed by atoms with Crippen LogP contribution in [0.5, 0.6) is 0 Å². The molecule has 2 bridgehead atoms. The molecule has 8 heteroatoms. The van der Waals surface area contributed by atoms with E-state index >= 15 is 0 Å². The molecule has 1 N–H and O–H groups in total. The van der Waals surface area contributed by atoms with Crippen molar-refractivity contribution in [2.75, 3.05) is 18.6 Å². The van der Waals surface area contributed by atoms with E-state index in [2.05, 4.69) is 20.2 Å². The summed E-state index contributed by atoms with van der Waals surface area (Å²) in [6.45, 7) is 0.657. The van der Waals surface area contributed by atoms with E-state index in [1.807, 2.05) is 0 Å². The molecule has 0 aliphatic carbocycles. The number of aromatic nitrogens is 2. The Labute approximate surface area is 169 Å². The standard InChI is InChI=1S/C21H24N4O4/c1-28-20(27)15-12-23-21(24-13-15)25-16-4-5-17(25)10-14(9-16)11-22-19(26)7-6-18-3-2-8-29-18/h2-3,6-8,12-14,16-17H,4-5,9-11H2,1H3,(H,22,26)/b7-6+/t14?,16-,17+. The predicted molar refractivity (Wildman–Crippen MR) is 106 cm³/mol. The Morgan fingerprint density at radius 2 is 2.00 bits per heavy atom. The zero-order chi connectivity index (χ0) is 20.2. The van der Waals surface area contributed by atoms with E-state index in [4.69, 9.17) is 9.15 Å². The van der Waals surface area contributed by atoms with Gasteiger partial charge in [0.25, 0.3) is 0 Å². The molecule has 1 unspecified atom stereocenters. The molecule has 8 nitrogen and oxygen atoms in total. The third-order valence-electron chi connectivity index (χ3n) is 5.63. The van der Waals surface area contributed by atoms with Crippen molar-refractivity contribution in [3.8, 4) is 0 Å². The minimum atomic E-state index is -0.435. The van der Waals surface area contributed by atoms with Crippen LogP contribution in [0.4, 0.5) is 5.95 Å². The number of hydrogen-bond donors (Lipinski definition) is 1. The molecule has 2 aromatic heterocycles. The fraction of sp³-hybridized carbons (Fsp3) is 0.429. The SMILES string of the molecule is COC(=O)c1cnc(N2[C@@H]3CC[C@H]2CC(CNC(=O)/C=C/c2ccco2)C3)nc1. The smallest absolute Gasteiger partial charge is 0.341 e. The van der Waals surface area contributed by atoms with Gasteiger partial charge in [-0.15, -0.1) is 0 Å². The summed E-state index contributed by atoms with van der Waals surface area (Å²) in [7, 11) is 1.34. The number of hydrogen-bond acceptors (Lipinski definition) is 7. The second-order valence-electron chi connectivity index (χ2n) is 7.49. The number of nitrogens with zero attached hydrogens (tertiary/aromatic N) is 3. The van der Waals surface area contributed by atoms with Crippen LogP contribution in [0, 0.1) is 5.92 Å². The Balaban J connectivity index is 1.32. The van der Waals surface area contributed by atoms with Crippen molar-refractivity contribution in [1.82, 2.24) is 15.3 Å². The minimum Gasteiger partial charge on any atom is -0.465 e. The number of carbonyl (C=O) groups is 2. The number of carbonyl (C=O) groups excluding carboxylic acids is 2. The molecule has 4 heterocycles. The zero-order valence-electron chi connectivity index (χ0n) is 16.3.